The van der Waals surface area contributed by atoms with Gasteiger partial charge in [-0.3, -0.25) is 4.90 Å². The number of nitrogens with one attached hydrogen (secondary N) is 1. The minimum absolute atomic E-state index is 0.646. The lowest BCUT2D eigenvalue weighted by Crippen LogP contribution is -2.30. The summed E-state index contributed by atoms with van der Waals surface area (Å²) >= 11 is 5.99. The van der Waals surface area contributed by atoms with Crippen LogP contribution in [0, 0.1) is 5.92 Å². The van der Waals surface area contributed by atoms with E-state index in [1.165, 1.54) is 12.8 Å². The van der Waals surface area contributed by atoms with E-state index in [1.807, 2.05) is 18.2 Å². The summed E-state index contributed by atoms with van der Waals surface area (Å²) in [6.45, 7) is 3.69. The first-order valence-electron chi connectivity index (χ1n) is 7.11. The third-order valence-corrected chi connectivity index (χ3v) is 3.97. The number of aromatic amines is 1. The summed E-state index contributed by atoms with van der Waals surface area (Å²) in [5.74, 6) is 1.63. The number of rotatable bonds is 4. The lowest BCUT2D eigenvalue weighted by Gasteiger charge is -2.26. The Balaban J connectivity index is 1.63. The van der Waals surface area contributed by atoms with Crippen molar-refractivity contribution in [2.75, 3.05) is 26.8 Å². The normalized spacial score (nSPS) is 19.9. The fraction of sp³-hybridized carbons (Fsp3) is 0.533. The molecule has 5 heteroatoms. The molecule has 20 heavy (non-hydrogen) atoms. The predicted molar refractivity (Wildman–Crippen MR) is 81.0 cm³/mol. The number of fused-ring (bicyclic) bond motifs is 1. The number of hydrogen-bond donors (Lipinski definition) is 1. The quantitative estimate of drug-likeness (QED) is 0.942. The number of ether oxygens (including phenoxy) is 1. The van der Waals surface area contributed by atoms with Crippen LogP contribution in [0.3, 0.4) is 0 Å². The number of nitrogens with zero attached hydrogens (tertiary/aromatic N) is 2. The Morgan fingerprint density at radius 1 is 1.50 bits per heavy atom. The van der Waals surface area contributed by atoms with Crippen LogP contribution in [-0.2, 0) is 11.3 Å². The summed E-state index contributed by atoms with van der Waals surface area (Å²) in [6, 6.07) is 5.74. The van der Waals surface area contributed by atoms with Crippen molar-refractivity contribution in [3.8, 4) is 0 Å². The molecule has 1 N–H and O–H groups in total. The molecule has 3 rings (SSSR count). The van der Waals surface area contributed by atoms with E-state index in [2.05, 4.69) is 21.9 Å². The third kappa shape index (κ3) is 3.32. The van der Waals surface area contributed by atoms with E-state index in [1.54, 1.807) is 0 Å². The monoisotopic (exact) mass is 293 g/mol. The Morgan fingerprint density at radius 3 is 3.20 bits per heavy atom. The molecule has 1 aromatic carbocycles. The molecule has 4 nitrogen and oxygen atoms in total. The molecule has 1 unspecified atom stereocenters. The van der Waals surface area contributed by atoms with Gasteiger partial charge in [-0.2, -0.15) is 0 Å². The first-order valence-corrected chi connectivity index (χ1v) is 7.49. The highest BCUT2D eigenvalue weighted by atomic mass is 35.5. The van der Waals surface area contributed by atoms with Gasteiger partial charge in [-0.1, -0.05) is 11.6 Å². The molecular formula is C15H20ClN3O. The van der Waals surface area contributed by atoms with E-state index in [4.69, 9.17) is 16.3 Å². The van der Waals surface area contributed by atoms with E-state index in [0.29, 0.717) is 5.92 Å². The van der Waals surface area contributed by atoms with Crippen LogP contribution in [0.4, 0.5) is 0 Å². The number of H-pyrrole nitrogens is 1. The maximum Gasteiger partial charge on any atom is 0.121 e. The SMILES string of the molecule is CN(Cc1nc2ccc(Cl)cc2[nH]1)CC1CCCOC1. The molecule has 2 heterocycles. The first kappa shape index (κ1) is 13.9. The average Bonchev–Trinajstić information content (AvgIpc) is 2.80. The molecule has 1 aliphatic rings. The molecule has 0 radical (unpaired) electrons. The zero-order valence-corrected chi connectivity index (χ0v) is 12.5. The topological polar surface area (TPSA) is 41.2 Å². The second-order valence-corrected chi connectivity index (χ2v) is 6.06. The summed E-state index contributed by atoms with van der Waals surface area (Å²) in [5.41, 5.74) is 1.97. The predicted octanol–water partition coefficient (Wildman–Crippen LogP) is 3.07. The van der Waals surface area contributed by atoms with Crippen LogP contribution in [0.15, 0.2) is 18.2 Å². The Morgan fingerprint density at radius 2 is 2.40 bits per heavy atom. The average molecular weight is 294 g/mol. The number of aromatic nitrogens is 2. The molecule has 1 saturated heterocycles. The minimum Gasteiger partial charge on any atom is -0.381 e. The summed E-state index contributed by atoms with van der Waals surface area (Å²) in [7, 11) is 2.13. The molecule has 2 aromatic rings. The Hall–Kier alpha value is -1.10. The van der Waals surface area contributed by atoms with Crippen LogP contribution in [-0.4, -0.2) is 41.7 Å². The molecule has 0 amide bonds. The largest absolute Gasteiger partial charge is 0.381 e. The van der Waals surface area contributed by atoms with E-state index in [-0.39, 0.29) is 0 Å². The van der Waals surface area contributed by atoms with Crippen LogP contribution in [0.5, 0.6) is 0 Å². The zero-order valence-electron chi connectivity index (χ0n) is 11.7. The third-order valence-electron chi connectivity index (χ3n) is 3.74. The van der Waals surface area contributed by atoms with Gasteiger partial charge in [0.05, 0.1) is 24.2 Å². The molecule has 0 saturated carbocycles. The fourth-order valence-corrected chi connectivity index (χ4v) is 2.99. The van der Waals surface area contributed by atoms with Crippen LogP contribution in [0.2, 0.25) is 5.02 Å². The van der Waals surface area contributed by atoms with Gasteiger partial charge in [0.15, 0.2) is 0 Å². The van der Waals surface area contributed by atoms with Crippen LogP contribution in [0.1, 0.15) is 18.7 Å². The second kappa shape index (κ2) is 6.12. The number of benzene rings is 1. The molecule has 0 bridgehead atoms. The molecule has 108 valence electrons. The van der Waals surface area contributed by atoms with Gasteiger partial charge in [-0.25, -0.2) is 4.98 Å². The summed E-state index contributed by atoms with van der Waals surface area (Å²) in [4.78, 5) is 10.2. The van der Waals surface area contributed by atoms with Crippen molar-refractivity contribution in [1.29, 1.82) is 0 Å². The maximum atomic E-state index is 5.99. The van der Waals surface area contributed by atoms with E-state index < -0.39 is 0 Å². The van der Waals surface area contributed by atoms with Gasteiger partial charge in [0, 0.05) is 18.2 Å². The molecular weight excluding hydrogens is 274 g/mol. The molecule has 0 aliphatic carbocycles. The maximum absolute atomic E-state index is 5.99. The Kier molecular flexibility index (Phi) is 4.24. The van der Waals surface area contributed by atoms with E-state index >= 15 is 0 Å². The standard InChI is InChI=1S/C15H20ClN3O/c1-19(8-11-3-2-6-20-10-11)9-15-17-13-5-4-12(16)7-14(13)18-15/h4-5,7,11H,2-3,6,8-10H2,1H3,(H,17,18). The zero-order chi connectivity index (χ0) is 13.9. The highest BCUT2D eigenvalue weighted by Gasteiger charge is 2.16. The Labute approximate surface area is 124 Å². The first-order chi connectivity index (χ1) is 9.70. The highest BCUT2D eigenvalue weighted by molar-refractivity contribution is 6.31. The highest BCUT2D eigenvalue weighted by Crippen LogP contribution is 2.19. The molecule has 0 spiro atoms. The van der Waals surface area contributed by atoms with Crippen LogP contribution in [0.25, 0.3) is 11.0 Å². The van der Waals surface area contributed by atoms with Crippen molar-refractivity contribution in [1.82, 2.24) is 14.9 Å². The van der Waals surface area contributed by atoms with E-state index in [0.717, 1.165) is 48.2 Å². The van der Waals surface area contributed by atoms with E-state index in [9.17, 15) is 0 Å². The number of hydrogen-bond acceptors (Lipinski definition) is 3. The van der Waals surface area contributed by atoms with Crippen molar-refractivity contribution < 1.29 is 4.74 Å². The Bertz CT molecular complexity index is 578. The van der Waals surface area contributed by atoms with Gasteiger partial charge >= 0.3 is 0 Å². The minimum atomic E-state index is 0.646. The van der Waals surface area contributed by atoms with Gasteiger partial charge < -0.3 is 9.72 Å². The summed E-state index contributed by atoms with van der Waals surface area (Å²) < 4.78 is 5.53. The van der Waals surface area contributed by atoms with Gasteiger partial charge in [0.1, 0.15) is 5.82 Å². The van der Waals surface area contributed by atoms with Crippen LogP contribution >= 0.6 is 11.6 Å². The molecule has 1 atom stereocenters. The lowest BCUT2D eigenvalue weighted by atomic mass is 10.0. The number of imidazole rings is 1. The fourth-order valence-electron chi connectivity index (χ4n) is 2.82. The summed E-state index contributed by atoms with van der Waals surface area (Å²) in [5, 5.41) is 0.736. The van der Waals surface area contributed by atoms with Gasteiger partial charge in [0.25, 0.3) is 0 Å². The van der Waals surface area contributed by atoms with Gasteiger partial charge in [-0.05, 0) is 44.0 Å². The molecule has 1 aliphatic heterocycles. The lowest BCUT2D eigenvalue weighted by molar-refractivity contribution is 0.0409. The number of halogens is 1. The smallest absolute Gasteiger partial charge is 0.121 e. The molecule has 1 fully saturated rings. The van der Waals surface area contributed by atoms with Gasteiger partial charge in [-0.15, -0.1) is 0 Å². The summed E-state index contributed by atoms with van der Waals surface area (Å²) in [6.07, 6.45) is 2.45. The van der Waals surface area contributed by atoms with Crippen molar-refractivity contribution in [3.05, 3.63) is 29.0 Å². The molecule has 1 aromatic heterocycles. The van der Waals surface area contributed by atoms with Crippen molar-refractivity contribution in [2.45, 2.75) is 19.4 Å². The van der Waals surface area contributed by atoms with Crippen molar-refractivity contribution in [2.24, 2.45) is 5.92 Å². The second-order valence-electron chi connectivity index (χ2n) is 5.62. The van der Waals surface area contributed by atoms with Crippen molar-refractivity contribution >= 4 is 22.6 Å². The van der Waals surface area contributed by atoms with Crippen LogP contribution < -0.4 is 0 Å². The van der Waals surface area contributed by atoms with Crippen molar-refractivity contribution in [3.63, 3.8) is 0 Å². The van der Waals surface area contributed by atoms with Gasteiger partial charge in [0.2, 0.25) is 0 Å².